The molecule has 2 rings (SSSR count). The van der Waals surface area contributed by atoms with E-state index in [2.05, 4.69) is 5.32 Å². The Morgan fingerprint density at radius 2 is 1.86 bits per heavy atom. The van der Waals surface area contributed by atoms with Gasteiger partial charge in [0.25, 0.3) is 0 Å². The van der Waals surface area contributed by atoms with Crippen molar-refractivity contribution in [3.63, 3.8) is 0 Å². The van der Waals surface area contributed by atoms with Gasteiger partial charge in [0, 0.05) is 12.1 Å². The van der Waals surface area contributed by atoms with Crippen LogP contribution >= 0.6 is 0 Å². The van der Waals surface area contributed by atoms with Gasteiger partial charge in [0.2, 0.25) is 5.91 Å². The van der Waals surface area contributed by atoms with Crippen molar-refractivity contribution >= 4 is 11.6 Å². The van der Waals surface area contributed by atoms with Crippen molar-refractivity contribution in [1.29, 1.82) is 0 Å². The molecular formula is C15H21F2N3O. The molecule has 1 aliphatic carbocycles. The minimum atomic E-state index is -0.769. The Balaban J connectivity index is 1.89. The molecule has 1 saturated carbocycles. The monoisotopic (exact) mass is 297 g/mol. The van der Waals surface area contributed by atoms with E-state index in [0.717, 1.165) is 37.8 Å². The van der Waals surface area contributed by atoms with Crippen molar-refractivity contribution < 1.29 is 13.6 Å². The molecule has 6 heteroatoms. The van der Waals surface area contributed by atoms with Gasteiger partial charge in [-0.2, -0.15) is 0 Å². The number of para-hydroxylation sites is 1. The van der Waals surface area contributed by atoms with Gasteiger partial charge >= 0.3 is 0 Å². The number of amides is 1. The van der Waals surface area contributed by atoms with Crippen LogP contribution in [0.4, 0.5) is 14.5 Å². The first-order valence-electron chi connectivity index (χ1n) is 7.17. The van der Waals surface area contributed by atoms with Crippen LogP contribution in [0, 0.1) is 11.6 Å². The van der Waals surface area contributed by atoms with Gasteiger partial charge in [0.1, 0.15) is 17.3 Å². The lowest BCUT2D eigenvalue weighted by Crippen LogP contribution is -2.42. The van der Waals surface area contributed by atoms with Gasteiger partial charge in [-0.1, -0.05) is 6.07 Å². The Kier molecular flexibility index (Phi) is 5.25. The molecule has 21 heavy (non-hydrogen) atoms. The van der Waals surface area contributed by atoms with Gasteiger partial charge in [-0.25, -0.2) is 8.78 Å². The van der Waals surface area contributed by atoms with Crippen LogP contribution in [0.2, 0.25) is 0 Å². The molecule has 3 N–H and O–H groups in total. The molecule has 0 atom stereocenters. The van der Waals surface area contributed by atoms with E-state index >= 15 is 0 Å². The molecule has 0 unspecified atom stereocenters. The number of nitrogens with one attached hydrogen (secondary N) is 1. The number of nitrogens with two attached hydrogens (primary N) is 1. The largest absolute Gasteiger partial charge is 0.328 e. The number of halogens is 2. The Hall–Kier alpha value is -1.53. The first-order chi connectivity index (χ1) is 9.97. The summed E-state index contributed by atoms with van der Waals surface area (Å²) in [6, 6.07) is 4.03. The van der Waals surface area contributed by atoms with Gasteiger partial charge in [0.05, 0.1) is 6.54 Å². The number of carbonyl (C=O) groups is 1. The number of rotatable bonds is 4. The molecule has 0 bridgehead atoms. The summed E-state index contributed by atoms with van der Waals surface area (Å²) in [5.41, 5.74) is 5.47. The number of anilines is 1. The molecule has 0 radical (unpaired) electrons. The van der Waals surface area contributed by atoms with E-state index < -0.39 is 17.5 Å². The first kappa shape index (κ1) is 15.9. The van der Waals surface area contributed by atoms with Crippen LogP contribution in [-0.2, 0) is 4.79 Å². The summed E-state index contributed by atoms with van der Waals surface area (Å²) >= 11 is 0. The topological polar surface area (TPSA) is 58.4 Å². The van der Waals surface area contributed by atoms with E-state index in [1.807, 2.05) is 11.9 Å². The highest BCUT2D eigenvalue weighted by molar-refractivity contribution is 5.92. The number of hydrogen-bond acceptors (Lipinski definition) is 3. The smallest absolute Gasteiger partial charge is 0.238 e. The van der Waals surface area contributed by atoms with Gasteiger partial charge in [0.15, 0.2) is 0 Å². The zero-order chi connectivity index (χ0) is 15.4. The maximum Gasteiger partial charge on any atom is 0.238 e. The van der Waals surface area contributed by atoms with Crippen LogP contribution < -0.4 is 11.1 Å². The fourth-order valence-corrected chi connectivity index (χ4v) is 2.69. The summed E-state index contributed by atoms with van der Waals surface area (Å²) in [5.74, 6) is -1.96. The van der Waals surface area contributed by atoms with E-state index in [4.69, 9.17) is 5.73 Å². The summed E-state index contributed by atoms with van der Waals surface area (Å²) in [7, 11) is 1.85. The molecule has 116 valence electrons. The molecule has 0 heterocycles. The van der Waals surface area contributed by atoms with E-state index in [-0.39, 0.29) is 18.3 Å². The molecule has 1 amide bonds. The summed E-state index contributed by atoms with van der Waals surface area (Å²) in [5, 5.41) is 2.30. The molecule has 1 aromatic carbocycles. The SMILES string of the molecule is CN(CC(=O)Nc1c(F)cccc1F)C1CCC(N)CC1. The lowest BCUT2D eigenvalue weighted by atomic mass is 9.91. The van der Waals surface area contributed by atoms with E-state index in [9.17, 15) is 13.6 Å². The van der Waals surface area contributed by atoms with Gasteiger partial charge < -0.3 is 11.1 Å². The number of carbonyl (C=O) groups excluding carboxylic acids is 1. The van der Waals surface area contributed by atoms with Gasteiger partial charge in [-0.15, -0.1) is 0 Å². The third kappa shape index (κ3) is 4.22. The van der Waals surface area contributed by atoms with Crippen LogP contribution in [0.1, 0.15) is 25.7 Å². The van der Waals surface area contributed by atoms with Crippen molar-refractivity contribution in [2.45, 2.75) is 37.8 Å². The van der Waals surface area contributed by atoms with Crippen LogP contribution in [0.5, 0.6) is 0 Å². The van der Waals surface area contributed by atoms with Crippen molar-refractivity contribution in [3.05, 3.63) is 29.8 Å². The normalized spacial score (nSPS) is 22.3. The second-order valence-electron chi connectivity index (χ2n) is 5.63. The predicted molar refractivity (Wildman–Crippen MR) is 77.8 cm³/mol. The number of nitrogens with zero attached hydrogens (tertiary/aromatic N) is 1. The number of benzene rings is 1. The van der Waals surface area contributed by atoms with Crippen molar-refractivity contribution in [1.82, 2.24) is 4.90 Å². The van der Waals surface area contributed by atoms with E-state index in [0.29, 0.717) is 6.04 Å². The molecule has 0 aliphatic heterocycles. The summed E-state index contributed by atoms with van der Waals surface area (Å²) in [6.45, 7) is 0.105. The molecule has 1 aliphatic rings. The molecule has 1 fully saturated rings. The molecular weight excluding hydrogens is 276 g/mol. The van der Waals surface area contributed by atoms with Crippen LogP contribution in [-0.4, -0.2) is 36.5 Å². The first-order valence-corrected chi connectivity index (χ1v) is 7.17. The lowest BCUT2D eigenvalue weighted by Gasteiger charge is -2.33. The van der Waals surface area contributed by atoms with E-state index in [1.54, 1.807) is 0 Å². The van der Waals surface area contributed by atoms with Gasteiger partial charge in [-0.3, -0.25) is 9.69 Å². The zero-order valence-corrected chi connectivity index (χ0v) is 12.1. The molecule has 0 aromatic heterocycles. The van der Waals surface area contributed by atoms with Crippen molar-refractivity contribution in [2.75, 3.05) is 18.9 Å². The fraction of sp³-hybridized carbons (Fsp3) is 0.533. The highest BCUT2D eigenvalue weighted by atomic mass is 19.1. The second-order valence-corrected chi connectivity index (χ2v) is 5.63. The van der Waals surface area contributed by atoms with Crippen molar-refractivity contribution in [3.8, 4) is 0 Å². The molecule has 4 nitrogen and oxygen atoms in total. The number of likely N-dealkylation sites (N-methyl/N-ethyl adjacent to an activating group) is 1. The van der Waals surface area contributed by atoms with E-state index in [1.165, 1.54) is 6.07 Å². The average Bonchev–Trinajstić information content (AvgIpc) is 2.43. The van der Waals surface area contributed by atoms with Crippen molar-refractivity contribution in [2.24, 2.45) is 5.73 Å². The predicted octanol–water partition coefficient (Wildman–Crippen LogP) is 2.10. The molecule has 0 saturated heterocycles. The standard InChI is InChI=1S/C15H21F2N3O/c1-20(11-7-5-10(18)6-8-11)9-14(21)19-15-12(16)3-2-4-13(15)17/h2-4,10-11H,5-9,18H2,1H3,(H,19,21). The van der Waals surface area contributed by atoms with Gasteiger partial charge in [-0.05, 0) is 44.9 Å². The van der Waals surface area contributed by atoms with Crippen LogP contribution in [0.15, 0.2) is 18.2 Å². The minimum absolute atomic E-state index is 0.105. The second kappa shape index (κ2) is 6.95. The van der Waals surface area contributed by atoms with Crippen LogP contribution in [0.25, 0.3) is 0 Å². The Morgan fingerprint density at radius 3 is 2.43 bits per heavy atom. The Labute approximate surface area is 123 Å². The Morgan fingerprint density at radius 1 is 1.29 bits per heavy atom. The zero-order valence-electron chi connectivity index (χ0n) is 12.1. The highest BCUT2D eigenvalue weighted by Crippen LogP contribution is 2.21. The average molecular weight is 297 g/mol. The number of hydrogen-bond donors (Lipinski definition) is 2. The van der Waals surface area contributed by atoms with Crippen LogP contribution in [0.3, 0.4) is 0 Å². The fourth-order valence-electron chi connectivity index (χ4n) is 2.69. The highest BCUT2D eigenvalue weighted by Gasteiger charge is 2.23. The summed E-state index contributed by atoms with van der Waals surface area (Å²) in [6.07, 6.45) is 3.77. The minimum Gasteiger partial charge on any atom is -0.328 e. The molecule has 0 spiro atoms. The Bertz CT molecular complexity index is 481. The third-order valence-corrected chi connectivity index (χ3v) is 3.98. The lowest BCUT2D eigenvalue weighted by molar-refractivity contribution is -0.117. The quantitative estimate of drug-likeness (QED) is 0.895. The molecule has 1 aromatic rings. The maximum atomic E-state index is 13.5. The maximum absolute atomic E-state index is 13.5. The summed E-state index contributed by atoms with van der Waals surface area (Å²) in [4.78, 5) is 13.8. The summed E-state index contributed by atoms with van der Waals surface area (Å²) < 4.78 is 26.9. The third-order valence-electron chi connectivity index (χ3n) is 3.98.